The Kier molecular flexibility index (Phi) is 2.86. The van der Waals surface area contributed by atoms with Gasteiger partial charge in [0.2, 0.25) is 0 Å². The van der Waals surface area contributed by atoms with Crippen LogP contribution in [0.4, 0.5) is 0 Å². The molecule has 0 bridgehead atoms. The summed E-state index contributed by atoms with van der Waals surface area (Å²) in [5, 5.41) is 0.690. The number of nitrogens with zero attached hydrogens (tertiary/aromatic N) is 2. The molecule has 2 nitrogen and oxygen atoms in total. The summed E-state index contributed by atoms with van der Waals surface area (Å²) < 4.78 is 2.00. The molecule has 3 aromatic rings. The van der Waals surface area contributed by atoms with Crippen LogP contribution in [-0.2, 0) is 0 Å². The Bertz CT molecular complexity index is 696. The number of thiazole rings is 1. The van der Waals surface area contributed by atoms with E-state index in [9.17, 15) is 0 Å². The van der Waals surface area contributed by atoms with Gasteiger partial charge >= 0.3 is 0 Å². The van der Waals surface area contributed by atoms with Gasteiger partial charge in [-0.15, -0.1) is 11.3 Å². The van der Waals surface area contributed by atoms with Gasteiger partial charge in [0.25, 0.3) is 0 Å². The first-order chi connectivity index (χ1) is 8.25. The molecule has 84 valence electrons. The average Bonchev–Trinajstić information content (AvgIpc) is 2.76. The zero-order valence-corrected chi connectivity index (χ0v) is 11.7. The smallest absolute Gasteiger partial charge is 0.170 e. The van der Waals surface area contributed by atoms with E-state index in [-0.39, 0.29) is 0 Å². The van der Waals surface area contributed by atoms with Crippen molar-refractivity contribution in [3.8, 4) is 11.3 Å². The quantitative estimate of drug-likeness (QED) is 0.644. The minimum Gasteiger partial charge on any atom is -0.226 e. The van der Waals surface area contributed by atoms with Crippen molar-refractivity contribution in [1.29, 1.82) is 0 Å². The van der Waals surface area contributed by atoms with Gasteiger partial charge in [0.1, 0.15) is 0 Å². The minimum absolute atomic E-state index is 0.690. The largest absolute Gasteiger partial charge is 0.226 e. The Morgan fingerprint density at radius 3 is 2.88 bits per heavy atom. The third-order valence-corrected chi connectivity index (χ3v) is 4.11. The highest BCUT2D eigenvalue weighted by Gasteiger charge is 2.11. The highest BCUT2D eigenvalue weighted by molar-refractivity contribution is 9.10. The second-order valence-electron chi connectivity index (χ2n) is 3.47. The Hall–Kier alpha value is -0.970. The molecule has 0 radical (unpaired) electrons. The molecule has 3 rings (SSSR count). The van der Waals surface area contributed by atoms with Crippen LogP contribution >= 0.6 is 38.9 Å². The molecule has 0 spiro atoms. The molecule has 0 unspecified atom stereocenters. The number of fused-ring (bicyclic) bond motifs is 1. The zero-order chi connectivity index (χ0) is 11.8. The lowest BCUT2D eigenvalue weighted by atomic mass is 10.1. The second kappa shape index (κ2) is 4.37. The summed E-state index contributed by atoms with van der Waals surface area (Å²) in [6.07, 6.45) is 0. The van der Waals surface area contributed by atoms with E-state index in [1.165, 1.54) is 0 Å². The van der Waals surface area contributed by atoms with Crippen molar-refractivity contribution in [1.82, 2.24) is 9.97 Å². The number of rotatable bonds is 1. The van der Waals surface area contributed by atoms with Gasteiger partial charge in [-0.1, -0.05) is 29.8 Å². The van der Waals surface area contributed by atoms with Gasteiger partial charge in [-0.2, -0.15) is 0 Å². The van der Waals surface area contributed by atoms with Gasteiger partial charge in [-0.05, 0) is 28.1 Å². The molecule has 2 heterocycles. The van der Waals surface area contributed by atoms with Crippen molar-refractivity contribution in [3.63, 3.8) is 0 Å². The lowest BCUT2D eigenvalue weighted by Gasteiger charge is -2.05. The third-order valence-electron chi connectivity index (χ3n) is 2.41. The maximum atomic E-state index is 6.18. The predicted molar refractivity (Wildman–Crippen MR) is 75.6 cm³/mol. The van der Waals surface area contributed by atoms with Crippen LogP contribution in [0.3, 0.4) is 0 Å². The molecule has 0 amide bonds. The lowest BCUT2D eigenvalue weighted by Crippen LogP contribution is -1.87. The van der Waals surface area contributed by atoms with Crippen LogP contribution in [0.5, 0.6) is 0 Å². The molecule has 0 aliphatic carbocycles. The van der Waals surface area contributed by atoms with E-state index in [1.54, 1.807) is 16.8 Å². The molecule has 17 heavy (non-hydrogen) atoms. The summed E-state index contributed by atoms with van der Waals surface area (Å²) in [5.74, 6) is 0. The fourth-order valence-electron chi connectivity index (χ4n) is 1.62. The van der Waals surface area contributed by atoms with Crippen molar-refractivity contribution in [2.24, 2.45) is 0 Å². The van der Waals surface area contributed by atoms with Crippen molar-refractivity contribution in [2.45, 2.75) is 0 Å². The second-order valence-corrected chi connectivity index (χ2v) is 5.62. The van der Waals surface area contributed by atoms with Crippen LogP contribution in [-0.4, -0.2) is 9.97 Å². The van der Waals surface area contributed by atoms with Gasteiger partial charge in [-0.3, -0.25) is 0 Å². The van der Waals surface area contributed by atoms with E-state index in [0.29, 0.717) is 5.02 Å². The van der Waals surface area contributed by atoms with Crippen LogP contribution in [0.25, 0.3) is 21.6 Å². The van der Waals surface area contributed by atoms with E-state index in [1.807, 2.05) is 30.3 Å². The first kappa shape index (κ1) is 11.1. The van der Waals surface area contributed by atoms with E-state index >= 15 is 0 Å². The van der Waals surface area contributed by atoms with Gasteiger partial charge in [0.15, 0.2) is 5.65 Å². The van der Waals surface area contributed by atoms with Crippen molar-refractivity contribution >= 4 is 49.2 Å². The topological polar surface area (TPSA) is 25.8 Å². The Balaban J connectivity index is 2.30. The molecular weight excluding hydrogens is 320 g/mol. The zero-order valence-electron chi connectivity index (χ0n) is 8.52. The fourth-order valence-corrected chi connectivity index (χ4v) is 3.18. The Morgan fingerprint density at radius 1 is 1.24 bits per heavy atom. The molecule has 0 saturated carbocycles. The summed E-state index contributed by atoms with van der Waals surface area (Å²) in [5.41, 5.74) is 4.29. The summed E-state index contributed by atoms with van der Waals surface area (Å²) in [4.78, 5) is 8.75. The van der Waals surface area contributed by atoms with Crippen molar-refractivity contribution < 1.29 is 0 Å². The van der Waals surface area contributed by atoms with Gasteiger partial charge in [0.05, 0.1) is 15.9 Å². The molecule has 5 heteroatoms. The van der Waals surface area contributed by atoms with E-state index in [4.69, 9.17) is 11.6 Å². The SMILES string of the molecule is Clc1ccccc1-c1nc2ncsc2cc1Br. The fraction of sp³-hybridized carbons (Fsp3) is 0. The first-order valence-electron chi connectivity index (χ1n) is 4.90. The number of pyridine rings is 1. The summed E-state index contributed by atoms with van der Waals surface area (Å²) in [6, 6.07) is 9.68. The number of aromatic nitrogens is 2. The third kappa shape index (κ3) is 1.97. The molecule has 0 fully saturated rings. The lowest BCUT2D eigenvalue weighted by molar-refractivity contribution is 1.31. The molecular formula is C12H6BrClN2S. The van der Waals surface area contributed by atoms with Gasteiger partial charge in [0, 0.05) is 15.1 Å². The van der Waals surface area contributed by atoms with Crippen LogP contribution in [0.2, 0.25) is 5.02 Å². The number of hydrogen-bond acceptors (Lipinski definition) is 3. The molecule has 0 N–H and O–H groups in total. The monoisotopic (exact) mass is 324 g/mol. The van der Waals surface area contributed by atoms with Crippen LogP contribution in [0, 0.1) is 0 Å². The van der Waals surface area contributed by atoms with Crippen molar-refractivity contribution in [3.05, 3.63) is 45.3 Å². The van der Waals surface area contributed by atoms with E-state index < -0.39 is 0 Å². The average molecular weight is 326 g/mol. The van der Waals surface area contributed by atoms with E-state index in [2.05, 4.69) is 25.9 Å². The molecule has 0 aliphatic heterocycles. The molecule has 0 saturated heterocycles. The molecule has 0 atom stereocenters. The van der Waals surface area contributed by atoms with Crippen LogP contribution in [0.15, 0.2) is 40.3 Å². The Labute approximate surface area is 115 Å². The number of halogens is 2. The molecule has 2 aromatic heterocycles. The number of hydrogen-bond donors (Lipinski definition) is 0. The summed E-state index contributed by atoms with van der Waals surface area (Å²) in [7, 11) is 0. The summed E-state index contributed by atoms with van der Waals surface area (Å²) >= 11 is 11.3. The van der Waals surface area contributed by atoms with Crippen LogP contribution < -0.4 is 0 Å². The molecule has 1 aromatic carbocycles. The van der Waals surface area contributed by atoms with Crippen LogP contribution in [0.1, 0.15) is 0 Å². The van der Waals surface area contributed by atoms with Crippen molar-refractivity contribution in [2.75, 3.05) is 0 Å². The van der Waals surface area contributed by atoms with E-state index in [0.717, 1.165) is 26.1 Å². The highest BCUT2D eigenvalue weighted by atomic mass is 79.9. The Morgan fingerprint density at radius 2 is 2.06 bits per heavy atom. The maximum absolute atomic E-state index is 6.18. The number of benzene rings is 1. The van der Waals surface area contributed by atoms with Gasteiger partial charge < -0.3 is 0 Å². The summed E-state index contributed by atoms with van der Waals surface area (Å²) in [6.45, 7) is 0. The minimum atomic E-state index is 0.690. The predicted octanol–water partition coefficient (Wildman–Crippen LogP) is 4.77. The normalized spacial score (nSPS) is 10.9. The molecule has 0 aliphatic rings. The maximum Gasteiger partial charge on any atom is 0.170 e. The standard InChI is InChI=1S/C12H6BrClN2S/c13-8-5-10-12(15-6-17-10)16-11(8)7-3-1-2-4-9(7)14/h1-6H. The first-order valence-corrected chi connectivity index (χ1v) is 6.95. The highest BCUT2D eigenvalue weighted by Crippen LogP contribution is 2.34. The van der Waals surface area contributed by atoms with Gasteiger partial charge in [-0.25, -0.2) is 9.97 Å².